The first-order valence-corrected chi connectivity index (χ1v) is 4.80. The molecule has 0 aliphatic carbocycles. The van der Waals surface area contributed by atoms with Crippen LogP contribution in [0.5, 0.6) is 0 Å². The highest BCUT2D eigenvalue weighted by molar-refractivity contribution is 5.66. The number of nitrogens with zero attached hydrogens (tertiary/aromatic N) is 2. The molecule has 4 nitrogen and oxygen atoms in total. The lowest BCUT2D eigenvalue weighted by molar-refractivity contribution is -0.137. The van der Waals surface area contributed by atoms with E-state index in [1.54, 1.807) is 12.5 Å². The monoisotopic (exact) mass is 198 g/mol. The van der Waals surface area contributed by atoms with Crippen LogP contribution in [0, 0.1) is 0 Å². The lowest BCUT2D eigenvalue weighted by Crippen LogP contribution is -1.92. The molecule has 1 rings (SSSR count). The summed E-state index contributed by atoms with van der Waals surface area (Å²) in [7, 11) is 1.94. The van der Waals surface area contributed by atoms with Crippen molar-refractivity contribution < 1.29 is 9.90 Å². The molecule has 1 heterocycles. The molecule has 1 aromatic heterocycles. The Morgan fingerprint density at radius 3 is 2.50 bits per heavy atom. The predicted octanol–water partition coefficient (Wildman–Crippen LogP) is 2.07. The third kappa shape index (κ3) is 8.77. The quantitative estimate of drug-likeness (QED) is 0.753. The normalized spacial score (nSPS) is 9.00. The van der Waals surface area contributed by atoms with Gasteiger partial charge in [-0.25, -0.2) is 4.98 Å². The van der Waals surface area contributed by atoms with E-state index in [4.69, 9.17) is 5.11 Å². The van der Waals surface area contributed by atoms with Gasteiger partial charge in [0.05, 0.1) is 6.33 Å². The number of imidazole rings is 1. The number of aryl methyl sites for hydroxylation is 1. The zero-order valence-electron chi connectivity index (χ0n) is 8.81. The van der Waals surface area contributed by atoms with Crippen LogP contribution in [-0.4, -0.2) is 20.6 Å². The summed E-state index contributed by atoms with van der Waals surface area (Å²) in [6.45, 7) is 2.06. The van der Waals surface area contributed by atoms with Crippen molar-refractivity contribution in [3.05, 3.63) is 18.7 Å². The molecular weight excluding hydrogens is 180 g/mol. The van der Waals surface area contributed by atoms with E-state index in [1.807, 2.05) is 17.8 Å². The smallest absolute Gasteiger partial charge is 0.303 e. The van der Waals surface area contributed by atoms with Crippen molar-refractivity contribution in [3.63, 3.8) is 0 Å². The van der Waals surface area contributed by atoms with Crippen molar-refractivity contribution >= 4 is 5.97 Å². The second-order valence-electron chi connectivity index (χ2n) is 3.08. The first-order valence-electron chi connectivity index (χ1n) is 4.80. The predicted molar refractivity (Wildman–Crippen MR) is 55.0 cm³/mol. The number of carbonyl (C=O) groups is 1. The van der Waals surface area contributed by atoms with E-state index < -0.39 is 5.97 Å². The molecule has 0 amide bonds. The molecule has 4 heteroatoms. The number of aromatic nitrogens is 2. The van der Waals surface area contributed by atoms with Gasteiger partial charge in [0.1, 0.15) is 0 Å². The maximum absolute atomic E-state index is 9.87. The fourth-order valence-corrected chi connectivity index (χ4v) is 0.852. The van der Waals surface area contributed by atoms with Crippen LogP contribution < -0.4 is 0 Å². The lowest BCUT2D eigenvalue weighted by Gasteiger charge is -1.89. The van der Waals surface area contributed by atoms with Gasteiger partial charge in [0, 0.05) is 25.9 Å². The standard InChI is InChI=1S/C6H12O2.C4H6N2/c1-2-3-4-5-6(7)8;1-6-3-2-5-4-6/h2-5H2,1H3,(H,7,8);2-4H,1H3. The van der Waals surface area contributed by atoms with Gasteiger partial charge < -0.3 is 9.67 Å². The lowest BCUT2D eigenvalue weighted by atomic mass is 10.2. The largest absolute Gasteiger partial charge is 0.481 e. The molecule has 0 aliphatic rings. The van der Waals surface area contributed by atoms with Crippen LogP contribution in [-0.2, 0) is 11.8 Å². The Morgan fingerprint density at radius 1 is 1.50 bits per heavy atom. The highest BCUT2D eigenvalue weighted by Gasteiger charge is 1.92. The number of rotatable bonds is 4. The number of unbranched alkanes of at least 4 members (excludes halogenated alkanes) is 2. The van der Waals surface area contributed by atoms with Gasteiger partial charge in [-0.05, 0) is 6.42 Å². The molecule has 0 saturated heterocycles. The Bertz CT molecular complexity index is 232. The fraction of sp³-hybridized carbons (Fsp3) is 0.600. The van der Waals surface area contributed by atoms with Gasteiger partial charge in [-0.2, -0.15) is 0 Å². The minimum absolute atomic E-state index is 0.327. The molecule has 0 fully saturated rings. The molecule has 0 atom stereocenters. The van der Waals surface area contributed by atoms with Crippen molar-refractivity contribution in [3.8, 4) is 0 Å². The maximum Gasteiger partial charge on any atom is 0.303 e. The Hall–Kier alpha value is -1.32. The minimum Gasteiger partial charge on any atom is -0.481 e. The number of hydrogen-bond acceptors (Lipinski definition) is 2. The molecule has 0 aromatic carbocycles. The van der Waals surface area contributed by atoms with Crippen molar-refractivity contribution in [1.29, 1.82) is 0 Å². The zero-order chi connectivity index (χ0) is 10.8. The van der Waals surface area contributed by atoms with E-state index in [2.05, 4.69) is 11.9 Å². The highest BCUT2D eigenvalue weighted by Crippen LogP contribution is 1.97. The van der Waals surface area contributed by atoms with Crippen molar-refractivity contribution in [2.24, 2.45) is 7.05 Å². The van der Waals surface area contributed by atoms with Gasteiger partial charge >= 0.3 is 5.97 Å². The summed E-state index contributed by atoms with van der Waals surface area (Å²) in [5.74, 6) is -0.682. The fourth-order valence-electron chi connectivity index (χ4n) is 0.852. The third-order valence-electron chi connectivity index (χ3n) is 1.63. The molecule has 0 spiro atoms. The Kier molecular flexibility index (Phi) is 7.50. The van der Waals surface area contributed by atoms with Gasteiger partial charge in [0.25, 0.3) is 0 Å². The first kappa shape index (κ1) is 12.7. The second kappa shape index (κ2) is 8.29. The third-order valence-corrected chi connectivity index (χ3v) is 1.63. The summed E-state index contributed by atoms with van der Waals surface area (Å²) in [5.41, 5.74) is 0. The molecule has 1 aromatic rings. The summed E-state index contributed by atoms with van der Waals surface area (Å²) in [6.07, 6.45) is 8.67. The molecule has 1 N–H and O–H groups in total. The van der Waals surface area contributed by atoms with Crippen LogP contribution in [0.3, 0.4) is 0 Å². The number of aliphatic carboxylic acids is 1. The Labute approximate surface area is 84.6 Å². The molecule has 0 radical (unpaired) electrons. The molecule has 0 unspecified atom stereocenters. The maximum atomic E-state index is 9.87. The van der Waals surface area contributed by atoms with E-state index in [9.17, 15) is 4.79 Å². The number of carboxylic acids is 1. The van der Waals surface area contributed by atoms with Gasteiger partial charge in [0.2, 0.25) is 0 Å². The molecule has 80 valence electrons. The summed E-state index contributed by atoms with van der Waals surface area (Å²) < 4.78 is 1.89. The van der Waals surface area contributed by atoms with Crippen molar-refractivity contribution in [2.45, 2.75) is 32.6 Å². The summed E-state index contributed by atoms with van der Waals surface area (Å²) in [6, 6.07) is 0. The summed E-state index contributed by atoms with van der Waals surface area (Å²) in [4.78, 5) is 13.7. The number of carboxylic acid groups (broad SMARTS) is 1. The molecule has 0 saturated carbocycles. The van der Waals surface area contributed by atoms with E-state index in [0.29, 0.717) is 6.42 Å². The van der Waals surface area contributed by atoms with Gasteiger partial charge in [-0.1, -0.05) is 19.8 Å². The molecular formula is C10H18N2O2. The van der Waals surface area contributed by atoms with Crippen molar-refractivity contribution in [2.75, 3.05) is 0 Å². The first-order chi connectivity index (χ1) is 6.66. The average Bonchev–Trinajstić information content (AvgIpc) is 2.57. The van der Waals surface area contributed by atoms with Crippen LogP contribution in [0.1, 0.15) is 32.6 Å². The number of hydrogen-bond donors (Lipinski definition) is 1. The van der Waals surface area contributed by atoms with Gasteiger partial charge in [-0.15, -0.1) is 0 Å². The SMILES string of the molecule is CCCCCC(=O)O.Cn1ccnc1. The van der Waals surface area contributed by atoms with Crippen LogP contribution in [0.15, 0.2) is 18.7 Å². The van der Waals surface area contributed by atoms with Crippen LogP contribution in [0.4, 0.5) is 0 Å². The molecule has 0 aliphatic heterocycles. The van der Waals surface area contributed by atoms with E-state index in [1.165, 1.54) is 0 Å². The average molecular weight is 198 g/mol. The Balaban J connectivity index is 0.000000249. The van der Waals surface area contributed by atoms with Gasteiger partial charge in [0.15, 0.2) is 0 Å². The van der Waals surface area contributed by atoms with Crippen LogP contribution in [0.25, 0.3) is 0 Å². The molecule has 14 heavy (non-hydrogen) atoms. The summed E-state index contributed by atoms with van der Waals surface area (Å²) >= 11 is 0. The van der Waals surface area contributed by atoms with Crippen LogP contribution >= 0.6 is 0 Å². The highest BCUT2D eigenvalue weighted by atomic mass is 16.4. The topological polar surface area (TPSA) is 55.1 Å². The minimum atomic E-state index is -0.682. The zero-order valence-corrected chi connectivity index (χ0v) is 8.81. The molecule has 0 bridgehead atoms. The van der Waals surface area contributed by atoms with Crippen molar-refractivity contribution in [1.82, 2.24) is 9.55 Å². The Morgan fingerprint density at radius 2 is 2.21 bits per heavy atom. The summed E-state index contributed by atoms with van der Waals surface area (Å²) in [5, 5.41) is 8.14. The van der Waals surface area contributed by atoms with E-state index in [-0.39, 0.29) is 0 Å². The van der Waals surface area contributed by atoms with E-state index in [0.717, 1.165) is 19.3 Å². The second-order valence-corrected chi connectivity index (χ2v) is 3.08. The van der Waals surface area contributed by atoms with Crippen LogP contribution in [0.2, 0.25) is 0 Å². The van der Waals surface area contributed by atoms with E-state index >= 15 is 0 Å². The van der Waals surface area contributed by atoms with Gasteiger partial charge in [-0.3, -0.25) is 4.79 Å².